The van der Waals surface area contributed by atoms with Gasteiger partial charge in [-0.15, -0.1) is 0 Å². The van der Waals surface area contributed by atoms with Crippen LogP contribution in [0.1, 0.15) is 30.2 Å². The fourth-order valence-corrected chi connectivity index (χ4v) is 4.66. The Balaban J connectivity index is 1.57. The lowest BCUT2D eigenvalue weighted by Crippen LogP contribution is -2.14. The smallest absolute Gasteiger partial charge is 0.310 e. The van der Waals surface area contributed by atoms with Crippen LogP contribution in [0.25, 0.3) is 33.3 Å². The van der Waals surface area contributed by atoms with Gasteiger partial charge < -0.3 is 15.5 Å². The summed E-state index contributed by atoms with van der Waals surface area (Å²) < 4.78 is 102. The first kappa shape index (κ1) is 26.3. The van der Waals surface area contributed by atoms with E-state index < -0.39 is 49.5 Å². The number of aromatic nitrogens is 4. The summed E-state index contributed by atoms with van der Waals surface area (Å²) in [6.45, 7) is 3.64. The molecule has 5 aromatic rings. The molecule has 0 radical (unpaired) electrons. The third-order valence-corrected chi connectivity index (χ3v) is 6.97. The summed E-state index contributed by atoms with van der Waals surface area (Å²) in [7, 11) is -10.2. The molecule has 0 unspecified atom stereocenters. The molecule has 16 heteroatoms. The molecule has 3 N–H and O–H groups in total. The molecule has 0 saturated carbocycles. The van der Waals surface area contributed by atoms with Gasteiger partial charge >= 0.3 is 10.2 Å². The normalized spacial score (nSPS) is 14.1. The predicted octanol–water partition coefficient (Wildman–Crippen LogP) is 7.59. The van der Waals surface area contributed by atoms with E-state index >= 15 is 4.39 Å². The van der Waals surface area contributed by atoms with Crippen LogP contribution < -0.4 is 11.1 Å². The van der Waals surface area contributed by atoms with Gasteiger partial charge in [-0.25, -0.2) is 23.4 Å². The van der Waals surface area contributed by atoms with E-state index in [1.807, 2.05) is 13.8 Å². The Bertz CT molecular complexity index is 1820. The van der Waals surface area contributed by atoms with Crippen molar-refractivity contribution in [3.05, 3.63) is 60.1 Å². The quantitative estimate of drug-likeness (QED) is 0.209. The first-order chi connectivity index (χ1) is 18.0. The molecule has 0 saturated heterocycles. The SMILES string of the molecule is CC(C)n1nc(-c2ccc3c(C(=O)Nc4cc(S(F)(F)(F)(F)F)ccc4F)coc3c2F)c2c(N)ncnc21. The van der Waals surface area contributed by atoms with Crippen molar-refractivity contribution in [2.45, 2.75) is 24.8 Å². The number of anilines is 2. The third-order valence-electron chi connectivity index (χ3n) is 5.82. The van der Waals surface area contributed by atoms with Crippen LogP contribution in [-0.2, 0) is 0 Å². The molecule has 0 atom stereocenters. The molecular formula is C23H17F7N6O2S. The van der Waals surface area contributed by atoms with Crippen molar-refractivity contribution in [3.63, 3.8) is 0 Å². The Morgan fingerprint density at radius 2 is 1.79 bits per heavy atom. The number of hydrogen-bond acceptors (Lipinski definition) is 6. The predicted molar refractivity (Wildman–Crippen MR) is 131 cm³/mol. The van der Waals surface area contributed by atoms with E-state index in [0.717, 1.165) is 6.26 Å². The summed E-state index contributed by atoms with van der Waals surface area (Å²) in [5.41, 5.74) is 4.39. The van der Waals surface area contributed by atoms with E-state index in [9.17, 15) is 28.6 Å². The van der Waals surface area contributed by atoms with Gasteiger partial charge in [-0.05, 0) is 44.2 Å². The van der Waals surface area contributed by atoms with Crippen LogP contribution in [0.5, 0.6) is 0 Å². The number of nitrogens with one attached hydrogen (secondary N) is 1. The van der Waals surface area contributed by atoms with Gasteiger partial charge in [0.2, 0.25) is 0 Å². The number of benzene rings is 2. The zero-order valence-corrected chi connectivity index (χ0v) is 20.7. The van der Waals surface area contributed by atoms with Crippen LogP contribution in [0.15, 0.2) is 52.2 Å². The zero-order chi connectivity index (χ0) is 28.6. The number of nitrogen functional groups attached to an aromatic ring is 1. The number of halogens is 7. The first-order valence-corrected chi connectivity index (χ1v) is 12.9. The molecule has 8 nitrogen and oxygen atoms in total. The van der Waals surface area contributed by atoms with E-state index in [1.54, 1.807) is 5.32 Å². The van der Waals surface area contributed by atoms with Crippen LogP contribution in [0, 0.1) is 11.6 Å². The van der Waals surface area contributed by atoms with Crippen LogP contribution in [0.3, 0.4) is 0 Å². The van der Waals surface area contributed by atoms with Gasteiger partial charge in [-0.3, -0.25) is 4.79 Å². The highest BCUT2D eigenvalue weighted by Gasteiger charge is 2.65. The third kappa shape index (κ3) is 4.49. The van der Waals surface area contributed by atoms with Crippen LogP contribution in [-0.4, -0.2) is 25.7 Å². The average Bonchev–Trinajstić information content (AvgIpc) is 3.42. The van der Waals surface area contributed by atoms with E-state index in [1.165, 1.54) is 23.1 Å². The zero-order valence-electron chi connectivity index (χ0n) is 19.9. The summed E-state index contributed by atoms with van der Waals surface area (Å²) in [5, 5.41) is 6.36. The molecule has 206 valence electrons. The summed E-state index contributed by atoms with van der Waals surface area (Å²) in [6, 6.07) is 2.17. The second-order valence-corrected chi connectivity index (χ2v) is 11.3. The fraction of sp³-hybridized carbons (Fsp3) is 0.130. The Labute approximate surface area is 214 Å². The number of hydrogen-bond donors (Lipinski definition) is 2. The minimum atomic E-state index is -10.2. The Hall–Kier alpha value is -4.34. The van der Waals surface area contributed by atoms with E-state index in [4.69, 9.17) is 10.2 Å². The van der Waals surface area contributed by atoms with Gasteiger partial charge in [0.25, 0.3) is 5.91 Å². The van der Waals surface area contributed by atoms with Crippen molar-refractivity contribution >= 4 is 49.6 Å². The van der Waals surface area contributed by atoms with Gasteiger partial charge in [-0.1, -0.05) is 19.4 Å². The molecule has 1 amide bonds. The molecule has 0 spiro atoms. The van der Waals surface area contributed by atoms with Gasteiger partial charge in [0.1, 0.15) is 34.8 Å². The minimum absolute atomic E-state index is 0.0387. The first-order valence-electron chi connectivity index (χ1n) is 11.0. The minimum Gasteiger partial charge on any atom is -0.460 e. The Morgan fingerprint density at radius 1 is 1.08 bits per heavy atom. The lowest BCUT2D eigenvalue weighted by molar-refractivity contribution is 0.102. The summed E-state index contributed by atoms with van der Waals surface area (Å²) in [6.07, 6.45) is 2.02. The van der Waals surface area contributed by atoms with Crippen molar-refractivity contribution < 1.29 is 37.4 Å². The van der Waals surface area contributed by atoms with Crippen LogP contribution in [0.2, 0.25) is 0 Å². The number of nitrogens with two attached hydrogens (primary N) is 1. The van der Waals surface area contributed by atoms with Gasteiger partial charge in [-0.2, -0.15) is 5.10 Å². The maximum absolute atomic E-state index is 15.6. The molecule has 3 heterocycles. The molecule has 39 heavy (non-hydrogen) atoms. The number of rotatable bonds is 5. The number of carbonyl (C=O) groups is 1. The summed E-state index contributed by atoms with van der Waals surface area (Å²) in [5.74, 6) is -3.55. The summed E-state index contributed by atoms with van der Waals surface area (Å²) >= 11 is 0. The number of fused-ring (bicyclic) bond motifs is 2. The lowest BCUT2D eigenvalue weighted by Gasteiger charge is -2.40. The largest absolute Gasteiger partial charge is 0.460 e. The summed E-state index contributed by atoms with van der Waals surface area (Å²) in [4.78, 5) is 18.5. The molecule has 2 aromatic carbocycles. The highest BCUT2D eigenvalue weighted by atomic mass is 32.5. The fourth-order valence-electron chi connectivity index (χ4n) is 4.00. The van der Waals surface area contributed by atoms with E-state index in [-0.39, 0.29) is 52.1 Å². The van der Waals surface area contributed by atoms with Crippen molar-refractivity contribution in [1.82, 2.24) is 19.7 Å². The Morgan fingerprint density at radius 3 is 2.46 bits per heavy atom. The van der Waals surface area contributed by atoms with E-state index in [0.29, 0.717) is 5.65 Å². The van der Waals surface area contributed by atoms with Gasteiger partial charge in [0.05, 0.1) is 16.6 Å². The standard InChI is InChI=1S/C23H17F7N6O2S/c1-10(2)36-22-17(21(31)32-9-33-22)19(35-36)13-5-4-12-14(8-38-20(12)18(13)25)23(37)34-16-7-11(3-6-15(16)24)39(26,27,28,29)30/h3-10H,1-2H3,(H,34,37)(H2,31,32,33). The number of carbonyl (C=O) groups excluding carboxylic acids is 1. The molecule has 5 rings (SSSR count). The average molecular weight is 574 g/mol. The monoisotopic (exact) mass is 574 g/mol. The van der Waals surface area contributed by atoms with Crippen molar-refractivity contribution in [2.24, 2.45) is 0 Å². The highest BCUT2D eigenvalue weighted by molar-refractivity contribution is 8.45. The molecule has 3 aromatic heterocycles. The van der Waals surface area contributed by atoms with E-state index in [2.05, 4.69) is 15.1 Å². The lowest BCUT2D eigenvalue weighted by atomic mass is 10.0. The van der Waals surface area contributed by atoms with Crippen molar-refractivity contribution in [3.8, 4) is 11.3 Å². The van der Waals surface area contributed by atoms with Crippen LogP contribution >= 0.6 is 10.2 Å². The molecule has 0 bridgehead atoms. The molecule has 0 fully saturated rings. The Kier molecular flexibility index (Phi) is 5.28. The van der Waals surface area contributed by atoms with Crippen LogP contribution in [0.4, 0.5) is 39.7 Å². The maximum atomic E-state index is 15.6. The second-order valence-electron chi connectivity index (χ2n) is 8.86. The number of furan rings is 1. The second kappa shape index (κ2) is 7.84. The maximum Gasteiger partial charge on any atom is 0.310 e. The molecule has 0 aliphatic carbocycles. The van der Waals surface area contributed by atoms with Crippen molar-refractivity contribution in [2.75, 3.05) is 11.1 Å². The molecular weight excluding hydrogens is 557 g/mol. The molecule has 0 aliphatic rings. The van der Waals surface area contributed by atoms with Gasteiger partial charge in [0.15, 0.2) is 17.0 Å². The highest BCUT2D eigenvalue weighted by Crippen LogP contribution is 3.02. The van der Waals surface area contributed by atoms with Crippen molar-refractivity contribution in [1.29, 1.82) is 0 Å². The molecule has 0 aliphatic heterocycles. The number of amides is 1. The topological polar surface area (TPSA) is 112 Å². The number of nitrogens with zero attached hydrogens (tertiary/aromatic N) is 4. The van der Waals surface area contributed by atoms with Gasteiger partial charge in [0, 0.05) is 17.0 Å².